The van der Waals surface area contributed by atoms with Crippen LogP contribution in [0.15, 0.2) is 18.3 Å². The Kier molecular flexibility index (Phi) is 3.02. The number of hydrogen-bond acceptors (Lipinski definition) is 2. The molecule has 1 aliphatic rings. The highest BCUT2D eigenvalue weighted by atomic mass is 35.5. The Morgan fingerprint density at radius 1 is 1.44 bits per heavy atom. The van der Waals surface area contributed by atoms with Crippen LogP contribution >= 0.6 is 11.6 Å². The van der Waals surface area contributed by atoms with Crippen molar-refractivity contribution in [2.45, 2.75) is 44.5 Å². The van der Waals surface area contributed by atoms with E-state index in [0.29, 0.717) is 6.04 Å². The highest BCUT2D eigenvalue weighted by Gasteiger charge is 2.27. The number of pyridine rings is 1. The Bertz CT molecular complexity index is 557. The molecule has 3 rings (SSSR count). The summed E-state index contributed by atoms with van der Waals surface area (Å²) in [6.45, 7) is 4.22. The van der Waals surface area contributed by atoms with Crippen molar-refractivity contribution < 1.29 is 0 Å². The van der Waals surface area contributed by atoms with Crippen molar-refractivity contribution >= 4 is 22.8 Å². The molecule has 2 unspecified atom stereocenters. The van der Waals surface area contributed by atoms with Crippen LogP contribution in [0.5, 0.6) is 0 Å². The standard InChI is InChI=1S/C14H18ClN3/c1-9(8-11-5-6-11)18-13(10(2)15)17-12-4-3-7-16-14(12)18/h3-4,7,9-11H,5-6,8H2,1-2H3. The molecule has 1 aliphatic carbocycles. The molecule has 2 atom stereocenters. The van der Waals surface area contributed by atoms with Crippen LogP contribution in [0.4, 0.5) is 0 Å². The minimum atomic E-state index is -0.0825. The summed E-state index contributed by atoms with van der Waals surface area (Å²) in [4.78, 5) is 9.10. The van der Waals surface area contributed by atoms with E-state index in [1.165, 1.54) is 19.3 Å². The van der Waals surface area contributed by atoms with Crippen LogP contribution in [0.25, 0.3) is 11.2 Å². The van der Waals surface area contributed by atoms with E-state index in [0.717, 1.165) is 22.9 Å². The normalized spacial score (nSPS) is 19.1. The van der Waals surface area contributed by atoms with Crippen LogP contribution in [0.2, 0.25) is 0 Å². The second-order valence-electron chi connectivity index (χ2n) is 5.33. The summed E-state index contributed by atoms with van der Waals surface area (Å²) in [6, 6.07) is 4.35. The number of alkyl halides is 1. The van der Waals surface area contributed by atoms with Gasteiger partial charge in [-0.25, -0.2) is 9.97 Å². The van der Waals surface area contributed by atoms with Crippen molar-refractivity contribution in [2.24, 2.45) is 5.92 Å². The molecule has 0 amide bonds. The molecule has 0 bridgehead atoms. The Labute approximate surface area is 112 Å². The quantitative estimate of drug-likeness (QED) is 0.778. The number of aromatic nitrogens is 3. The zero-order valence-electron chi connectivity index (χ0n) is 10.8. The second kappa shape index (κ2) is 4.54. The lowest BCUT2D eigenvalue weighted by Crippen LogP contribution is -2.11. The fourth-order valence-corrected chi connectivity index (χ4v) is 2.76. The Balaban J connectivity index is 2.07. The molecular formula is C14H18ClN3. The average molecular weight is 264 g/mol. The molecule has 4 heteroatoms. The summed E-state index contributed by atoms with van der Waals surface area (Å²) >= 11 is 6.26. The van der Waals surface area contributed by atoms with Crippen LogP contribution in [0.3, 0.4) is 0 Å². The van der Waals surface area contributed by atoms with E-state index in [1.807, 2.05) is 25.3 Å². The summed E-state index contributed by atoms with van der Waals surface area (Å²) in [7, 11) is 0. The Hall–Kier alpha value is -1.09. The van der Waals surface area contributed by atoms with E-state index in [2.05, 4.69) is 21.5 Å². The van der Waals surface area contributed by atoms with Gasteiger partial charge in [-0.2, -0.15) is 0 Å². The van der Waals surface area contributed by atoms with Crippen molar-refractivity contribution in [3.63, 3.8) is 0 Å². The van der Waals surface area contributed by atoms with E-state index in [1.54, 1.807) is 0 Å². The van der Waals surface area contributed by atoms with Gasteiger partial charge in [-0.3, -0.25) is 0 Å². The summed E-state index contributed by atoms with van der Waals surface area (Å²) < 4.78 is 2.23. The van der Waals surface area contributed by atoms with E-state index in [-0.39, 0.29) is 5.38 Å². The minimum Gasteiger partial charge on any atom is -0.309 e. The molecule has 2 aromatic heterocycles. The number of nitrogens with zero attached hydrogens (tertiary/aromatic N) is 3. The van der Waals surface area contributed by atoms with Crippen molar-refractivity contribution in [1.29, 1.82) is 0 Å². The first kappa shape index (κ1) is 12.0. The van der Waals surface area contributed by atoms with E-state index < -0.39 is 0 Å². The van der Waals surface area contributed by atoms with Gasteiger partial charge in [0.15, 0.2) is 5.65 Å². The van der Waals surface area contributed by atoms with E-state index >= 15 is 0 Å². The summed E-state index contributed by atoms with van der Waals surface area (Å²) in [5.41, 5.74) is 1.91. The zero-order valence-corrected chi connectivity index (χ0v) is 11.6. The monoisotopic (exact) mass is 263 g/mol. The molecule has 0 spiro atoms. The number of imidazole rings is 1. The highest BCUT2D eigenvalue weighted by molar-refractivity contribution is 6.20. The summed E-state index contributed by atoms with van der Waals surface area (Å²) in [6.07, 6.45) is 5.78. The molecule has 1 fully saturated rings. The first-order valence-electron chi connectivity index (χ1n) is 6.63. The van der Waals surface area contributed by atoms with E-state index in [9.17, 15) is 0 Å². The average Bonchev–Trinajstić information content (AvgIpc) is 3.06. The SMILES string of the molecule is CC(Cl)c1nc2cccnc2n1C(C)CC1CC1. The fourth-order valence-electron chi connectivity index (χ4n) is 2.60. The summed E-state index contributed by atoms with van der Waals surface area (Å²) in [5.74, 6) is 1.83. The van der Waals surface area contributed by atoms with Gasteiger partial charge in [0.2, 0.25) is 0 Å². The number of fused-ring (bicyclic) bond motifs is 1. The third-order valence-electron chi connectivity index (χ3n) is 3.64. The number of hydrogen-bond donors (Lipinski definition) is 0. The lowest BCUT2D eigenvalue weighted by molar-refractivity contribution is 0.469. The molecule has 2 aromatic rings. The van der Waals surface area contributed by atoms with Crippen molar-refractivity contribution in [2.75, 3.05) is 0 Å². The number of halogens is 1. The number of rotatable bonds is 4. The van der Waals surface area contributed by atoms with Gasteiger partial charge in [-0.05, 0) is 38.3 Å². The van der Waals surface area contributed by atoms with Crippen LogP contribution in [0, 0.1) is 5.92 Å². The van der Waals surface area contributed by atoms with Crippen LogP contribution < -0.4 is 0 Å². The molecule has 2 heterocycles. The third-order valence-corrected chi connectivity index (χ3v) is 3.84. The molecule has 96 valence electrons. The van der Waals surface area contributed by atoms with Gasteiger partial charge < -0.3 is 4.57 Å². The molecule has 0 aliphatic heterocycles. The molecule has 0 aromatic carbocycles. The predicted octanol–water partition coefficient (Wildman–Crippen LogP) is 4.09. The molecule has 18 heavy (non-hydrogen) atoms. The molecule has 3 nitrogen and oxygen atoms in total. The molecular weight excluding hydrogens is 246 g/mol. The first-order valence-corrected chi connectivity index (χ1v) is 7.07. The van der Waals surface area contributed by atoms with Crippen molar-refractivity contribution in [1.82, 2.24) is 14.5 Å². The fraction of sp³-hybridized carbons (Fsp3) is 0.571. The van der Waals surface area contributed by atoms with Crippen LogP contribution in [-0.2, 0) is 0 Å². The zero-order chi connectivity index (χ0) is 12.7. The highest BCUT2D eigenvalue weighted by Crippen LogP contribution is 2.38. The van der Waals surface area contributed by atoms with Gasteiger partial charge in [0.1, 0.15) is 11.3 Å². The largest absolute Gasteiger partial charge is 0.309 e. The second-order valence-corrected chi connectivity index (χ2v) is 5.98. The maximum absolute atomic E-state index is 6.26. The van der Waals surface area contributed by atoms with Crippen molar-refractivity contribution in [3.8, 4) is 0 Å². The van der Waals surface area contributed by atoms with E-state index in [4.69, 9.17) is 11.6 Å². The molecule has 0 radical (unpaired) electrons. The third kappa shape index (κ3) is 2.12. The lowest BCUT2D eigenvalue weighted by Gasteiger charge is -2.17. The minimum absolute atomic E-state index is 0.0825. The van der Waals surface area contributed by atoms with Crippen molar-refractivity contribution in [3.05, 3.63) is 24.2 Å². The molecule has 1 saturated carbocycles. The van der Waals surface area contributed by atoms with Crippen LogP contribution in [0.1, 0.15) is 50.4 Å². The maximum Gasteiger partial charge on any atom is 0.160 e. The Morgan fingerprint density at radius 2 is 2.22 bits per heavy atom. The van der Waals surface area contributed by atoms with Crippen LogP contribution in [-0.4, -0.2) is 14.5 Å². The summed E-state index contributed by atoms with van der Waals surface area (Å²) in [5, 5.41) is -0.0825. The Morgan fingerprint density at radius 3 is 2.89 bits per heavy atom. The maximum atomic E-state index is 6.26. The molecule has 0 N–H and O–H groups in total. The topological polar surface area (TPSA) is 30.7 Å². The lowest BCUT2D eigenvalue weighted by atomic mass is 10.1. The van der Waals surface area contributed by atoms with Gasteiger partial charge in [-0.15, -0.1) is 11.6 Å². The first-order chi connectivity index (χ1) is 8.66. The van der Waals surface area contributed by atoms with Gasteiger partial charge in [0.25, 0.3) is 0 Å². The van der Waals surface area contributed by atoms with Gasteiger partial charge in [0.05, 0.1) is 5.38 Å². The molecule has 0 saturated heterocycles. The van der Waals surface area contributed by atoms with Gasteiger partial charge in [-0.1, -0.05) is 12.8 Å². The smallest absolute Gasteiger partial charge is 0.160 e. The predicted molar refractivity (Wildman–Crippen MR) is 73.8 cm³/mol. The van der Waals surface area contributed by atoms with Gasteiger partial charge >= 0.3 is 0 Å². The van der Waals surface area contributed by atoms with Gasteiger partial charge in [0, 0.05) is 12.2 Å².